The largest absolute Gasteiger partial charge is 0.383 e. The monoisotopic (exact) mass is 414 g/mol. The van der Waals surface area contributed by atoms with Crippen molar-refractivity contribution in [1.29, 1.82) is 0 Å². The minimum Gasteiger partial charge on any atom is -0.383 e. The van der Waals surface area contributed by atoms with Crippen molar-refractivity contribution in [3.63, 3.8) is 0 Å². The van der Waals surface area contributed by atoms with Gasteiger partial charge in [0.2, 0.25) is 15.0 Å². The molecule has 0 saturated carbocycles. The summed E-state index contributed by atoms with van der Waals surface area (Å²) in [7, 11) is 2.53. The zero-order valence-corrected chi connectivity index (χ0v) is 19.0. The molecule has 2 heterocycles. The highest BCUT2D eigenvalue weighted by Crippen LogP contribution is 2.19. The number of likely N-dealkylation sites (tertiary alicyclic amines) is 1. The molecule has 7 nitrogen and oxygen atoms in total. The van der Waals surface area contributed by atoms with Gasteiger partial charge in [0.15, 0.2) is 0 Å². The Morgan fingerprint density at radius 1 is 1.36 bits per heavy atom. The van der Waals surface area contributed by atoms with Crippen molar-refractivity contribution in [3.8, 4) is 0 Å². The van der Waals surface area contributed by atoms with Crippen molar-refractivity contribution < 1.29 is 13.2 Å². The smallest absolute Gasteiger partial charge is 0.227 e. The van der Waals surface area contributed by atoms with E-state index in [9.17, 15) is 8.42 Å². The summed E-state index contributed by atoms with van der Waals surface area (Å²) in [4.78, 5) is 9.03. The van der Waals surface area contributed by atoms with Gasteiger partial charge >= 0.3 is 0 Å². The van der Waals surface area contributed by atoms with E-state index < -0.39 is 9.84 Å². The fourth-order valence-electron chi connectivity index (χ4n) is 3.75. The maximum absolute atomic E-state index is 12.8. The number of hydrogen-bond donors (Lipinski definition) is 0. The molecule has 1 aromatic heterocycles. The number of rotatable bonds is 11. The molecule has 0 aliphatic carbocycles. The van der Waals surface area contributed by atoms with Crippen LogP contribution in [0.4, 0.5) is 0 Å². The normalized spacial score (nSPS) is 19.0. The van der Waals surface area contributed by atoms with Crippen LogP contribution in [-0.2, 0) is 27.7 Å². The van der Waals surface area contributed by atoms with Crippen LogP contribution in [0.3, 0.4) is 0 Å². The van der Waals surface area contributed by atoms with Crippen LogP contribution in [0.1, 0.15) is 45.2 Å². The number of nitrogens with zero attached hydrogens (tertiary/aromatic N) is 4. The van der Waals surface area contributed by atoms with Gasteiger partial charge in [-0.1, -0.05) is 20.3 Å². The average molecular weight is 415 g/mol. The molecule has 8 heteroatoms. The molecule has 1 aliphatic rings. The van der Waals surface area contributed by atoms with Crippen LogP contribution in [0.25, 0.3) is 0 Å². The maximum atomic E-state index is 12.8. The van der Waals surface area contributed by atoms with Crippen molar-refractivity contribution in [2.45, 2.75) is 63.8 Å². The lowest BCUT2D eigenvalue weighted by Crippen LogP contribution is -2.43. The number of imidazole rings is 1. The van der Waals surface area contributed by atoms with Crippen LogP contribution in [0.2, 0.25) is 0 Å². The van der Waals surface area contributed by atoms with Crippen LogP contribution in [0.5, 0.6) is 0 Å². The van der Waals surface area contributed by atoms with E-state index in [0.29, 0.717) is 38.1 Å². The van der Waals surface area contributed by atoms with E-state index in [4.69, 9.17) is 4.74 Å². The third-order valence-electron chi connectivity index (χ3n) is 5.54. The fraction of sp³-hybridized carbons (Fsp3) is 0.850. The average Bonchev–Trinajstić information content (AvgIpc) is 3.03. The van der Waals surface area contributed by atoms with Crippen LogP contribution >= 0.6 is 0 Å². The van der Waals surface area contributed by atoms with Crippen molar-refractivity contribution >= 4 is 9.84 Å². The van der Waals surface area contributed by atoms with Gasteiger partial charge in [0.25, 0.3) is 0 Å². The lowest BCUT2D eigenvalue weighted by atomic mass is 10.0. The lowest BCUT2D eigenvalue weighted by molar-refractivity contribution is 0.136. The zero-order chi connectivity index (χ0) is 20.7. The van der Waals surface area contributed by atoms with E-state index in [2.05, 4.69) is 28.9 Å². The topological polar surface area (TPSA) is 67.7 Å². The van der Waals surface area contributed by atoms with E-state index in [1.807, 2.05) is 18.4 Å². The van der Waals surface area contributed by atoms with E-state index >= 15 is 0 Å². The molecule has 0 radical (unpaired) electrons. The summed E-state index contributed by atoms with van der Waals surface area (Å²) in [6, 6.07) is 0.559. The van der Waals surface area contributed by atoms with Gasteiger partial charge in [-0.05, 0) is 45.8 Å². The van der Waals surface area contributed by atoms with Crippen LogP contribution in [-0.4, -0.2) is 80.5 Å². The van der Waals surface area contributed by atoms with E-state index in [1.54, 1.807) is 13.3 Å². The summed E-state index contributed by atoms with van der Waals surface area (Å²) >= 11 is 0. The predicted molar refractivity (Wildman–Crippen MR) is 112 cm³/mol. The SMILES string of the molecule is COCCn1c(CN(C)C[C@@H]2CCCCN2C)cnc1S(=O)(=O)CCC(C)C. The summed E-state index contributed by atoms with van der Waals surface area (Å²) in [6.07, 6.45) is 6.14. The van der Waals surface area contributed by atoms with Gasteiger partial charge in [0, 0.05) is 32.8 Å². The molecule has 1 aromatic rings. The van der Waals surface area contributed by atoms with Gasteiger partial charge in [-0.15, -0.1) is 0 Å². The van der Waals surface area contributed by atoms with Crippen LogP contribution in [0, 0.1) is 5.92 Å². The molecule has 0 bridgehead atoms. The Hall–Kier alpha value is -0.960. The highest BCUT2D eigenvalue weighted by Gasteiger charge is 2.25. The Kier molecular flexibility index (Phi) is 8.92. The molecule has 1 fully saturated rings. The Morgan fingerprint density at radius 3 is 2.75 bits per heavy atom. The van der Waals surface area contributed by atoms with Crippen molar-refractivity contribution in [2.24, 2.45) is 5.92 Å². The fourth-order valence-corrected chi connectivity index (χ4v) is 5.47. The van der Waals surface area contributed by atoms with Gasteiger partial charge in [0.05, 0.1) is 24.3 Å². The van der Waals surface area contributed by atoms with Gasteiger partial charge in [-0.2, -0.15) is 0 Å². The number of piperidine rings is 1. The molecule has 1 saturated heterocycles. The van der Waals surface area contributed by atoms with Crippen molar-refractivity contribution in [2.75, 3.05) is 46.7 Å². The first-order valence-electron chi connectivity index (χ1n) is 10.4. The number of sulfone groups is 1. The highest BCUT2D eigenvalue weighted by atomic mass is 32.2. The molecular formula is C20H38N4O3S. The number of methoxy groups -OCH3 is 1. The first-order chi connectivity index (χ1) is 13.2. The van der Waals surface area contributed by atoms with Gasteiger partial charge in [0.1, 0.15) is 0 Å². The van der Waals surface area contributed by atoms with Gasteiger partial charge < -0.3 is 14.2 Å². The second kappa shape index (κ2) is 10.7. The number of aromatic nitrogens is 2. The molecule has 0 aromatic carbocycles. The summed E-state index contributed by atoms with van der Waals surface area (Å²) < 4.78 is 32.7. The highest BCUT2D eigenvalue weighted by molar-refractivity contribution is 7.91. The van der Waals surface area contributed by atoms with Crippen LogP contribution in [0.15, 0.2) is 11.4 Å². The Bertz CT molecular complexity index is 702. The van der Waals surface area contributed by atoms with E-state index in [1.165, 1.54) is 19.3 Å². The Morgan fingerprint density at radius 2 is 2.11 bits per heavy atom. The molecule has 0 spiro atoms. The van der Waals surface area contributed by atoms with Crippen molar-refractivity contribution in [1.82, 2.24) is 19.4 Å². The Balaban J connectivity index is 2.13. The van der Waals surface area contributed by atoms with Crippen molar-refractivity contribution in [3.05, 3.63) is 11.9 Å². The minimum absolute atomic E-state index is 0.136. The molecule has 0 N–H and O–H groups in total. The van der Waals surface area contributed by atoms with Gasteiger partial charge in [-0.3, -0.25) is 4.90 Å². The first-order valence-corrected chi connectivity index (χ1v) is 12.0. The number of ether oxygens (including phenoxy) is 1. The number of likely N-dealkylation sites (N-methyl/N-ethyl adjacent to an activating group) is 2. The first kappa shape index (κ1) is 23.3. The molecule has 2 rings (SSSR count). The zero-order valence-electron chi connectivity index (χ0n) is 18.2. The Labute approximate surface area is 171 Å². The molecule has 162 valence electrons. The maximum Gasteiger partial charge on any atom is 0.227 e. The summed E-state index contributed by atoms with van der Waals surface area (Å²) in [5, 5.41) is 0.184. The number of hydrogen-bond acceptors (Lipinski definition) is 6. The molecule has 1 aliphatic heterocycles. The van der Waals surface area contributed by atoms with E-state index in [0.717, 1.165) is 18.8 Å². The third-order valence-corrected chi connectivity index (χ3v) is 7.19. The molecular weight excluding hydrogens is 376 g/mol. The summed E-state index contributed by atoms with van der Waals surface area (Å²) in [5.74, 6) is 0.479. The summed E-state index contributed by atoms with van der Waals surface area (Å²) in [6.45, 7) is 7.85. The third kappa shape index (κ3) is 6.54. The second-order valence-electron chi connectivity index (χ2n) is 8.50. The van der Waals surface area contributed by atoms with Gasteiger partial charge in [-0.25, -0.2) is 13.4 Å². The predicted octanol–water partition coefficient (Wildman–Crippen LogP) is 2.27. The van der Waals surface area contributed by atoms with E-state index in [-0.39, 0.29) is 10.9 Å². The minimum atomic E-state index is -3.40. The molecule has 0 unspecified atom stereocenters. The molecule has 1 atom stereocenters. The lowest BCUT2D eigenvalue weighted by Gasteiger charge is -2.35. The standard InChI is InChI=1S/C20H38N4O3S/c1-17(2)9-13-28(25,26)20-21-14-19(24(20)11-12-27-5)16-22(3)15-18-8-6-7-10-23(18)4/h14,17-18H,6-13,15-16H2,1-5H3/t18-/m0/s1. The molecule has 0 amide bonds. The molecule has 28 heavy (non-hydrogen) atoms. The summed E-state index contributed by atoms with van der Waals surface area (Å²) in [5.41, 5.74) is 0.932. The quantitative estimate of drug-likeness (QED) is 0.553. The van der Waals surface area contributed by atoms with Crippen LogP contribution < -0.4 is 0 Å². The second-order valence-corrected chi connectivity index (χ2v) is 10.5.